The number of hydrogen-bond acceptors (Lipinski definition) is 4. The van der Waals surface area contributed by atoms with Gasteiger partial charge in [-0.25, -0.2) is 0 Å². The van der Waals surface area contributed by atoms with E-state index in [0.717, 1.165) is 17.8 Å². The summed E-state index contributed by atoms with van der Waals surface area (Å²) in [7, 11) is 0. The van der Waals surface area contributed by atoms with Crippen LogP contribution in [0, 0.1) is 0 Å². The molecule has 0 radical (unpaired) electrons. The van der Waals surface area contributed by atoms with Gasteiger partial charge in [0.15, 0.2) is 5.65 Å². The van der Waals surface area contributed by atoms with Crippen molar-refractivity contribution in [1.29, 1.82) is 0 Å². The molecule has 1 aliphatic heterocycles. The van der Waals surface area contributed by atoms with Crippen molar-refractivity contribution in [1.82, 2.24) is 19.5 Å². The fourth-order valence-corrected chi connectivity index (χ4v) is 4.43. The van der Waals surface area contributed by atoms with Crippen molar-refractivity contribution in [3.63, 3.8) is 0 Å². The van der Waals surface area contributed by atoms with Gasteiger partial charge in [-0.3, -0.25) is 9.20 Å². The molecule has 1 unspecified atom stereocenters. The smallest absolute Gasteiger partial charge is 0.417 e. The summed E-state index contributed by atoms with van der Waals surface area (Å²) < 4.78 is 47.0. The summed E-state index contributed by atoms with van der Waals surface area (Å²) in [4.78, 5) is 15.2. The van der Waals surface area contributed by atoms with Crippen LogP contribution in [-0.4, -0.2) is 38.5 Å². The predicted molar refractivity (Wildman–Crippen MR) is 123 cm³/mol. The molecule has 35 heavy (non-hydrogen) atoms. The van der Waals surface area contributed by atoms with Crippen molar-refractivity contribution in [2.24, 2.45) is 0 Å². The van der Waals surface area contributed by atoms with Crippen LogP contribution in [0.4, 0.5) is 13.2 Å². The fraction of sp³-hybridized carbons (Fsp3) is 0.269. The van der Waals surface area contributed by atoms with E-state index in [1.54, 1.807) is 11.0 Å². The number of rotatable bonds is 5. The van der Waals surface area contributed by atoms with Crippen LogP contribution in [0.25, 0.3) is 5.65 Å². The first kappa shape index (κ1) is 22.9. The maximum atomic E-state index is 13.5. The maximum Gasteiger partial charge on any atom is 0.417 e. The Labute approximate surface area is 200 Å². The number of nitrogens with zero attached hydrogens (tertiary/aromatic N) is 4. The summed E-state index contributed by atoms with van der Waals surface area (Å²) in [5.41, 5.74) is 0.905. The number of amides is 1. The van der Waals surface area contributed by atoms with Gasteiger partial charge in [-0.1, -0.05) is 36.4 Å². The molecule has 3 heterocycles. The molecular formula is C26H23F3N4O2. The zero-order valence-corrected chi connectivity index (χ0v) is 18.8. The molecule has 1 amide bonds. The number of ether oxygens (including phenoxy) is 1. The van der Waals surface area contributed by atoms with E-state index in [9.17, 15) is 18.0 Å². The van der Waals surface area contributed by atoms with Crippen molar-refractivity contribution < 1.29 is 22.7 Å². The lowest BCUT2D eigenvalue weighted by atomic mass is 9.96. The van der Waals surface area contributed by atoms with Gasteiger partial charge in [0.05, 0.1) is 5.56 Å². The van der Waals surface area contributed by atoms with Gasteiger partial charge in [-0.05, 0) is 43.2 Å². The Bertz CT molecular complexity index is 1340. The number of carbonyl (C=O) groups is 1. The van der Waals surface area contributed by atoms with Gasteiger partial charge in [-0.2, -0.15) is 13.2 Å². The Kier molecular flexibility index (Phi) is 6.15. The maximum absolute atomic E-state index is 13.5. The van der Waals surface area contributed by atoms with Gasteiger partial charge < -0.3 is 9.64 Å². The lowest BCUT2D eigenvalue weighted by Gasteiger charge is -2.32. The third kappa shape index (κ3) is 4.84. The number of halogens is 3. The summed E-state index contributed by atoms with van der Waals surface area (Å²) in [6.45, 7) is 1.16. The topological polar surface area (TPSA) is 59.7 Å². The lowest BCUT2D eigenvalue weighted by Crippen LogP contribution is -2.40. The number of hydrogen-bond donors (Lipinski definition) is 0. The van der Waals surface area contributed by atoms with Crippen LogP contribution in [0.2, 0.25) is 0 Å². The second kappa shape index (κ2) is 9.40. The molecule has 4 aromatic rings. The standard InChI is InChI=1S/C26H23F3N4O2/c27-26(28,29)20-12-13-23-30-31-24(33(23)16-20)18-8-6-14-32(15-18)25(34)22-11-5-4-7-19(22)17-35-21-9-2-1-3-10-21/h1-5,7,9-13,16,18H,6,8,14-15,17H2. The number of likely N-dealkylation sites (tertiary alicyclic amines) is 1. The predicted octanol–water partition coefficient (Wildman–Crippen LogP) is 5.35. The van der Waals surface area contributed by atoms with Crippen LogP contribution in [0.15, 0.2) is 72.9 Å². The zero-order chi connectivity index (χ0) is 24.4. The molecule has 0 spiro atoms. The Morgan fingerprint density at radius 1 is 1.00 bits per heavy atom. The minimum absolute atomic E-state index is 0.133. The van der Waals surface area contributed by atoms with Crippen molar-refractivity contribution >= 4 is 11.6 Å². The number of carbonyl (C=O) groups excluding carboxylic acids is 1. The number of fused-ring (bicyclic) bond motifs is 1. The van der Waals surface area contributed by atoms with E-state index in [-0.39, 0.29) is 18.4 Å². The van der Waals surface area contributed by atoms with Crippen LogP contribution in [0.3, 0.4) is 0 Å². The molecule has 1 saturated heterocycles. The number of piperidine rings is 1. The molecule has 0 aliphatic carbocycles. The zero-order valence-electron chi connectivity index (χ0n) is 18.8. The summed E-state index contributed by atoms with van der Waals surface area (Å²) >= 11 is 0. The SMILES string of the molecule is O=C(c1ccccc1COc1ccccc1)N1CCCC(c2nnc3ccc(C(F)(F)F)cn23)C1. The Morgan fingerprint density at radius 2 is 1.77 bits per heavy atom. The monoisotopic (exact) mass is 480 g/mol. The summed E-state index contributed by atoms with van der Waals surface area (Å²) in [6.07, 6.45) is -2.01. The molecule has 9 heteroatoms. The van der Waals surface area contributed by atoms with E-state index >= 15 is 0 Å². The second-order valence-corrected chi connectivity index (χ2v) is 8.55. The largest absolute Gasteiger partial charge is 0.489 e. The molecule has 2 aromatic heterocycles. The quantitative estimate of drug-likeness (QED) is 0.387. The number of para-hydroxylation sites is 1. The van der Waals surface area contributed by atoms with Crippen LogP contribution in [0.5, 0.6) is 5.75 Å². The van der Waals surface area contributed by atoms with Crippen LogP contribution >= 0.6 is 0 Å². The second-order valence-electron chi connectivity index (χ2n) is 8.55. The molecule has 1 aliphatic rings. The highest BCUT2D eigenvalue weighted by molar-refractivity contribution is 5.95. The van der Waals surface area contributed by atoms with Crippen LogP contribution < -0.4 is 4.74 Å². The highest BCUT2D eigenvalue weighted by Gasteiger charge is 2.33. The van der Waals surface area contributed by atoms with Gasteiger partial charge in [-0.15, -0.1) is 10.2 Å². The molecule has 5 rings (SSSR count). The van der Waals surface area contributed by atoms with Gasteiger partial charge in [0.25, 0.3) is 5.91 Å². The normalized spacial score (nSPS) is 16.4. The third-order valence-corrected chi connectivity index (χ3v) is 6.22. The summed E-state index contributed by atoms with van der Waals surface area (Å²) in [6, 6.07) is 19.0. The molecular weight excluding hydrogens is 457 g/mol. The Hall–Kier alpha value is -3.88. The highest BCUT2D eigenvalue weighted by atomic mass is 19.4. The van der Waals surface area contributed by atoms with E-state index in [4.69, 9.17) is 4.74 Å². The van der Waals surface area contributed by atoms with Gasteiger partial charge in [0, 0.05) is 36.3 Å². The minimum atomic E-state index is -4.46. The lowest BCUT2D eigenvalue weighted by molar-refractivity contribution is -0.137. The summed E-state index contributed by atoms with van der Waals surface area (Å²) in [5, 5.41) is 8.21. The first-order valence-electron chi connectivity index (χ1n) is 11.4. The number of pyridine rings is 1. The van der Waals surface area contributed by atoms with Crippen LogP contribution in [-0.2, 0) is 12.8 Å². The number of aromatic nitrogens is 3. The average molecular weight is 480 g/mol. The number of benzene rings is 2. The van der Waals surface area contributed by atoms with Crippen molar-refractivity contribution in [2.45, 2.75) is 31.5 Å². The molecule has 0 saturated carbocycles. The molecule has 2 aromatic carbocycles. The first-order valence-corrected chi connectivity index (χ1v) is 11.4. The van der Waals surface area contributed by atoms with E-state index in [2.05, 4.69) is 10.2 Å². The molecule has 6 nitrogen and oxygen atoms in total. The average Bonchev–Trinajstić information content (AvgIpc) is 3.31. The van der Waals surface area contributed by atoms with Crippen LogP contribution in [0.1, 0.15) is 46.1 Å². The summed E-state index contributed by atoms with van der Waals surface area (Å²) in [5.74, 6) is 0.791. The molecule has 0 bridgehead atoms. The van der Waals surface area contributed by atoms with E-state index in [0.29, 0.717) is 48.7 Å². The van der Waals surface area contributed by atoms with Crippen molar-refractivity contribution in [3.8, 4) is 5.75 Å². The first-order chi connectivity index (χ1) is 16.9. The molecule has 0 N–H and O–H groups in total. The van der Waals surface area contributed by atoms with Crippen molar-refractivity contribution in [2.75, 3.05) is 13.1 Å². The van der Waals surface area contributed by atoms with Gasteiger partial charge >= 0.3 is 6.18 Å². The minimum Gasteiger partial charge on any atom is -0.489 e. The molecule has 180 valence electrons. The number of alkyl halides is 3. The highest BCUT2D eigenvalue weighted by Crippen LogP contribution is 2.32. The van der Waals surface area contributed by atoms with E-state index in [1.165, 1.54) is 10.5 Å². The van der Waals surface area contributed by atoms with E-state index in [1.807, 2.05) is 48.5 Å². The fourth-order valence-electron chi connectivity index (χ4n) is 4.43. The Balaban J connectivity index is 1.36. The van der Waals surface area contributed by atoms with Gasteiger partial charge in [0.2, 0.25) is 0 Å². The molecule has 1 fully saturated rings. The Morgan fingerprint density at radius 3 is 2.57 bits per heavy atom. The van der Waals surface area contributed by atoms with Crippen molar-refractivity contribution in [3.05, 3.63) is 95.4 Å². The third-order valence-electron chi connectivity index (χ3n) is 6.22. The van der Waals surface area contributed by atoms with Gasteiger partial charge in [0.1, 0.15) is 18.2 Å². The molecule has 1 atom stereocenters. The van der Waals surface area contributed by atoms with E-state index < -0.39 is 11.7 Å².